The normalized spacial score (nSPS) is 20.7. The molecular formula is C58H68F6N6O10S2. The van der Waals surface area contributed by atoms with Gasteiger partial charge in [0.2, 0.25) is 0 Å². The number of alkyl halides is 6. The van der Waals surface area contributed by atoms with Crippen LogP contribution in [0.4, 0.5) is 26.3 Å². The highest BCUT2D eigenvalue weighted by Crippen LogP contribution is 2.43. The van der Waals surface area contributed by atoms with Gasteiger partial charge in [-0.05, 0) is 149 Å². The van der Waals surface area contributed by atoms with E-state index in [0.717, 1.165) is 36.7 Å². The van der Waals surface area contributed by atoms with Crippen molar-refractivity contribution in [1.29, 1.82) is 0 Å². The molecule has 2 aromatic heterocycles. The van der Waals surface area contributed by atoms with Gasteiger partial charge in [-0.25, -0.2) is 26.8 Å². The maximum absolute atomic E-state index is 13.1. The second-order valence-corrected chi connectivity index (χ2v) is 26.2. The van der Waals surface area contributed by atoms with E-state index in [1.54, 1.807) is 62.4 Å². The highest BCUT2D eigenvalue weighted by Gasteiger charge is 2.43. The quantitative estimate of drug-likeness (QED) is 0.0525. The molecule has 0 spiro atoms. The molecule has 444 valence electrons. The summed E-state index contributed by atoms with van der Waals surface area (Å²) in [5.41, 5.74) is 4.76. The number of aliphatic hydroxyl groups is 2. The Labute approximate surface area is 471 Å². The molecule has 2 amide bonds. The van der Waals surface area contributed by atoms with Gasteiger partial charge >= 0.3 is 12.4 Å². The summed E-state index contributed by atoms with van der Waals surface area (Å²) in [4.78, 5) is 36.0. The van der Waals surface area contributed by atoms with Crippen molar-refractivity contribution in [1.82, 2.24) is 29.7 Å². The smallest absolute Gasteiger partial charge is 0.391 e. The average Bonchev–Trinajstić information content (AvgIpc) is 4.54. The van der Waals surface area contributed by atoms with E-state index in [1.807, 2.05) is 12.1 Å². The molecule has 0 bridgehead atoms. The summed E-state index contributed by atoms with van der Waals surface area (Å²) >= 11 is 0. The van der Waals surface area contributed by atoms with Gasteiger partial charge in [0, 0.05) is 23.2 Å². The van der Waals surface area contributed by atoms with Crippen LogP contribution in [0, 0.1) is 11.8 Å². The number of aromatic nitrogens is 4. The number of ether oxygens (including phenoxy) is 2. The van der Waals surface area contributed by atoms with E-state index >= 15 is 0 Å². The molecule has 4 N–H and O–H groups in total. The summed E-state index contributed by atoms with van der Waals surface area (Å²) in [5, 5.41) is 25.5. The van der Waals surface area contributed by atoms with Crippen LogP contribution < -0.4 is 10.6 Å². The number of hydrogen-bond donors (Lipinski definition) is 4. The van der Waals surface area contributed by atoms with Crippen LogP contribution in [0.1, 0.15) is 159 Å². The summed E-state index contributed by atoms with van der Waals surface area (Å²) in [6.07, 6.45) is -3.09. The van der Waals surface area contributed by atoms with E-state index < -0.39 is 67.8 Å². The third-order valence-electron chi connectivity index (χ3n) is 16.1. The third kappa shape index (κ3) is 14.3. The molecule has 82 heavy (non-hydrogen) atoms. The predicted molar refractivity (Wildman–Crippen MR) is 292 cm³/mol. The number of benzene rings is 4. The molecule has 10 rings (SSSR count). The number of sulfone groups is 2. The number of rotatable bonds is 20. The minimum Gasteiger partial charge on any atom is -0.394 e. The van der Waals surface area contributed by atoms with Crippen LogP contribution in [0.25, 0.3) is 22.1 Å². The first-order valence-electron chi connectivity index (χ1n) is 27.9. The maximum Gasteiger partial charge on any atom is 0.391 e. The van der Waals surface area contributed by atoms with Crippen LogP contribution in [0.15, 0.2) is 94.7 Å². The monoisotopic (exact) mass is 1190 g/mol. The van der Waals surface area contributed by atoms with Gasteiger partial charge in [-0.3, -0.25) is 9.59 Å². The minimum atomic E-state index is -4.16. The number of nitrogens with one attached hydrogen (secondary N) is 2. The molecule has 0 aliphatic heterocycles. The highest BCUT2D eigenvalue weighted by atomic mass is 32.2. The fraction of sp³-hybridized carbons (Fsp3) is 0.517. The molecule has 16 nitrogen and oxygen atoms in total. The Bertz CT molecular complexity index is 3210. The van der Waals surface area contributed by atoms with E-state index in [-0.39, 0.29) is 97.7 Å². The van der Waals surface area contributed by atoms with Crippen molar-refractivity contribution in [3.63, 3.8) is 0 Å². The van der Waals surface area contributed by atoms with Gasteiger partial charge in [-0.15, -0.1) is 0 Å². The Morgan fingerprint density at radius 2 is 0.890 bits per heavy atom. The van der Waals surface area contributed by atoms with Gasteiger partial charge < -0.3 is 39.5 Å². The first-order valence-corrected chi connectivity index (χ1v) is 31.2. The van der Waals surface area contributed by atoms with Gasteiger partial charge in [0.25, 0.3) is 11.8 Å². The summed E-state index contributed by atoms with van der Waals surface area (Å²) in [6, 6.07) is 21.6. The SMILES string of the molecule is CCS(=O)(=O)c1ccc([C@H](CO)NC(=O)c2ccc3c(c2)nc(COC2CCC(C(F)(F)F)CC2)n3C2CC2)cc1.CCS(=O)(=O)c1ccc([C@H](CO)NC(=O)c2ccc3c(c2)nc(COC2CCC(C(F)(F)F)CC2)n3C2CC2)cc1. The van der Waals surface area contributed by atoms with E-state index in [1.165, 1.54) is 24.3 Å². The second kappa shape index (κ2) is 25.1. The van der Waals surface area contributed by atoms with Crippen molar-refractivity contribution in [3.8, 4) is 0 Å². The molecule has 4 aromatic carbocycles. The predicted octanol–water partition coefficient (Wildman–Crippen LogP) is 10.5. The van der Waals surface area contributed by atoms with E-state index in [4.69, 9.17) is 19.4 Å². The molecule has 4 saturated carbocycles. The lowest BCUT2D eigenvalue weighted by molar-refractivity contribution is -0.188. The molecule has 0 radical (unpaired) electrons. The number of nitrogens with zero attached hydrogens (tertiary/aromatic N) is 4. The van der Waals surface area contributed by atoms with E-state index in [9.17, 15) is 63.0 Å². The Hall–Kier alpha value is -5.92. The lowest BCUT2D eigenvalue weighted by Gasteiger charge is -2.29. The molecule has 6 aromatic rings. The lowest BCUT2D eigenvalue weighted by atomic mass is 9.87. The standard InChI is InChI=1S/2C29H34F3N3O5S/c2*1-2-41(38,39)23-12-3-18(4-13-23)25(16-36)34-28(37)19-5-14-26-24(15-19)33-27(35(26)21-8-9-21)17-40-22-10-6-20(7-11-22)29(30,31)32/h2*3-5,12-15,20-22,25,36H,2,6-11,16-17H2,1H3,(H,34,37)/t2*20?,22?,25-/m00/s1. The first-order chi connectivity index (χ1) is 39.0. The van der Waals surface area contributed by atoms with Gasteiger partial charge in [0.15, 0.2) is 19.7 Å². The van der Waals surface area contributed by atoms with E-state index in [2.05, 4.69) is 19.8 Å². The Balaban J connectivity index is 0.000000198. The van der Waals surface area contributed by atoms with Gasteiger partial charge in [0.1, 0.15) is 24.9 Å². The average molecular weight is 1190 g/mol. The molecule has 0 unspecified atom stereocenters. The minimum absolute atomic E-state index is 0.0255. The summed E-state index contributed by atoms with van der Waals surface area (Å²) in [6.45, 7) is 2.74. The Morgan fingerprint density at radius 3 is 1.18 bits per heavy atom. The molecular weight excluding hydrogens is 1120 g/mol. The second-order valence-electron chi connectivity index (χ2n) is 21.7. The Morgan fingerprint density at radius 1 is 0.549 bits per heavy atom. The van der Waals surface area contributed by atoms with Crippen molar-refractivity contribution < 1.29 is 72.5 Å². The number of carbonyl (C=O) groups is 2. The summed E-state index contributed by atoms with van der Waals surface area (Å²) < 4.78 is 143. The molecule has 2 atom stereocenters. The molecule has 4 fully saturated rings. The largest absolute Gasteiger partial charge is 0.394 e. The fourth-order valence-electron chi connectivity index (χ4n) is 10.9. The zero-order valence-corrected chi connectivity index (χ0v) is 47.1. The van der Waals surface area contributed by atoms with Crippen molar-refractivity contribution in [2.75, 3.05) is 24.7 Å². The Kier molecular flexibility index (Phi) is 18.6. The number of carbonyl (C=O) groups excluding carboxylic acids is 2. The van der Waals surface area contributed by atoms with Crippen LogP contribution in [0.3, 0.4) is 0 Å². The first kappa shape index (κ1) is 60.7. The zero-order valence-electron chi connectivity index (χ0n) is 45.5. The maximum atomic E-state index is 13.1. The number of imidazole rings is 2. The summed E-state index contributed by atoms with van der Waals surface area (Å²) in [5.74, 6) is -2.03. The van der Waals surface area contributed by atoms with Crippen molar-refractivity contribution >= 4 is 53.6 Å². The van der Waals surface area contributed by atoms with Crippen molar-refractivity contribution in [3.05, 3.63) is 119 Å². The van der Waals surface area contributed by atoms with Crippen molar-refractivity contribution in [2.45, 2.75) is 163 Å². The number of amides is 2. The molecule has 4 aliphatic carbocycles. The van der Waals surface area contributed by atoms with Crippen LogP contribution in [0.2, 0.25) is 0 Å². The van der Waals surface area contributed by atoms with Crippen LogP contribution in [-0.4, -0.2) is 107 Å². The lowest BCUT2D eigenvalue weighted by Crippen LogP contribution is -2.30. The van der Waals surface area contributed by atoms with Gasteiger partial charge in [0.05, 0.1) is 92.7 Å². The van der Waals surface area contributed by atoms with Gasteiger partial charge in [-0.1, -0.05) is 38.1 Å². The number of fused-ring (bicyclic) bond motifs is 2. The van der Waals surface area contributed by atoms with Crippen molar-refractivity contribution in [2.24, 2.45) is 11.8 Å². The highest BCUT2D eigenvalue weighted by molar-refractivity contribution is 7.91. The number of hydrogen-bond acceptors (Lipinski definition) is 12. The topological polar surface area (TPSA) is 221 Å². The van der Waals surface area contributed by atoms with Crippen LogP contribution >= 0.6 is 0 Å². The summed E-state index contributed by atoms with van der Waals surface area (Å²) in [7, 11) is -6.73. The number of aliphatic hydroxyl groups excluding tert-OH is 2. The number of halogens is 6. The van der Waals surface area contributed by atoms with Gasteiger partial charge in [-0.2, -0.15) is 26.3 Å². The van der Waals surface area contributed by atoms with E-state index in [0.29, 0.717) is 70.6 Å². The zero-order chi connectivity index (χ0) is 58.7. The van der Waals surface area contributed by atoms with Crippen LogP contribution in [-0.2, 0) is 42.4 Å². The molecule has 24 heteroatoms. The third-order valence-corrected chi connectivity index (χ3v) is 19.6. The van der Waals surface area contributed by atoms with Crippen LogP contribution in [0.5, 0.6) is 0 Å². The molecule has 4 aliphatic rings. The molecule has 2 heterocycles. The fourth-order valence-corrected chi connectivity index (χ4v) is 12.6. The molecule has 0 saturated heterocycles.